The predicted molar refractivity (Wildman–Crippen MR) is 124 cm³/mol. The number of carboxylic acid groups (broad SMARTS) is 1. The molecule has 0 spiro atoms. The van der Waals surface area contributed by atoms with Crippen molar-refractivity contribution in [2.24, 2.45) is 23.7 Å². The second-order valence-corrected chi connectivity index (χ2v) is 10.4. The normalized spacial score (nSPS) is 24.0. The summed E-state index contributed by atoms with van der Waals surface area (Å²) in [4.78, 5) is 38.7. The summed E-state index contributed by atoms with van der Waals surface area (Å²) in [5.41, 5.74) is 3.16. The van der Waals surface area contributed by atoms with Gasteiger partial charge in [-0.3, -0.25) is 9.59 Å². The monoisotopic (exact) mass is 455 g/mol. The highest BCUT2D eigenvalue weighted by Gasteiger charge is 2.54. The summed E-state index contributed by atoms with van der Waals surface area (Å²) in [6, 6.07) is 8.06. The Bertz CT molecular complexity index is 1060. The Morgan fingerprint density at radius 2 is 1.72 bits per heavy atom. The number of benzene rings is 1. The van der Waals surface area contributed by atoms with Gasteiger partial charge in [0, 0.05) is 10.4 Å². The van der Waals surface area contributed by atoms with Gasteiger partial charge in [-0.05, 0) is 55.1 Å². The maximum Gasteiger partial charge on any atom is 0.341 e. The molecule has 2 aliphatic carbocycles. The molecule has 0 radical (unpaired) electrons. The highest BCUT2D eigenvalue weighted by Crippen LogP contribution is 2.53. The van der Waals surface area contributed by atoms with Crippen LogP contribution in [0.15, 0.2) is 24.3 Å². The summed E-state index contributed by atoms with van der Waals surface area (Å²) in [5.74, 6) is -2.40. The minimum Gasteiger partial charge on any atom is -0.481 e. The van der Waals surface area contributed by atoms with E-state index < -0.39 is 23.8 Å². The molecule has 1 aromatic heterocycles. The SMILES string of the molecule is COC(=O)c1c(NC(=O)[C@@H]2[C@H]3CC[C@@H](C3)[C@@H]2C(=O)O)sc(C)c1-c1ccc(C(C)C)cc1. The highest BCUT2D eigenvalue weighted by atomic mass is 32.1. The van der Waals surface area contributed by atoms with Crippen molar-refractivity contribution in [3.05, 3.63) is 40.3 Å². The minimum atomic E-state index is -0.904. The molecule has 1 heterocycles. The fraction of sp³-hybridized carbons (Fsp3) is 0.480. The van der Waals surface area contributed by atoms with Gasteiger partial charge in [0.2, 0.25) is 5.91 Å². The number of esters is 1. The van der Waals surface area contributed by atoms with Crippen LogP contribution in [0.2, 0.25) is 0 Å². The molecule has 4 rings (SSSR count). The number of ether oxygens (including phenoxy) is 1. The largest absolute Gasteiger partial charge is 0.481 e. The number of aliphatic carboxylic acids is 1. The van der Waals surface area contributed by atoms with Crippen molar-refractivity contribution in [1.29, 1.82) is 0 Å². The molecule has 1 aromatic carbocycles. The Morgan fingerprint density at radius 1 is 1.09 bits per heavy atom. The average molecular weight is 456 g/mol. The summed E-state index contributed by atoms with van der Waals surface area (Å²) in [6.07, 6.45) is 2.54. The molecule has 4 atom stereocenters. The van der Waals surface area contributed by atoms with E-state index in [-0.39, 0.29) is 17.7 Å². The van der Waals surface area contributed by atoms with Crippen molar-refractivity contribution in [3.8, 4) is 11.1 Å². The van der Waals surface area contributed by atoms with E-state index in [4.69, 9.17) is 4.74 Å². The Kier molecular flexibility index (Phi) is 6.12. The molecular weight excluding hydrogens is 426 g/mol. The van der Waals surface area contributed by atoms with Crippen LogP contribution in [0, 0.1) is 30.6 Å². The van der Waals surface area contributed by atoms with E-state index in [9.17, 15) is 19.5 Å². The predicted octanol–water partition coefficient (Wildman–Crippen LogP) is 5.32. The lowest BCUT2D eigenvalue weighted by Gasteiger charge is -2.26. The van der Waals surface area contributed by atoms with Gasteiger partial charge in [-0.1, -0.05) is 38.1 Å². The number of carboxylic acids is 1. The molecule has 2 saturated carbocycles. The molecule has 2 fully saturated rings. The number of fused-ring (bicyclic) bond motifs is 2. The van der Waals surface area contributed by atoms with E-state index in [0.29, 0.717) is 16.5 Å². The molecule has 0 saturated heterocycles. The Balaban J connectivity index is 1.69. The van der Waals surface area contributed by atoms with Crippen molar-refractivity contribution in [3.63, 3.8) is 0 Å². The van der Waals surface area contributed by atoms with Gasteiger partial charge >= 0.3 is 11.9 Å². The Hall–Kier alpha value is -2.67. The van der Waals surface area contributed by atoms with Crippen LogP contribution in [0.25, 0.3) is 11.1 Å². The van der Waals surface area contributed by atoms with Crippen LogP contribution in [0.5, 0.6) is 0 Å². The molecule has 1 amide bonds. The van der Waals surface area contributed by atoms with E-state index in [0.717, 1.165) is 35.3 Å². The maximum atomic E-state index is 13.2. The summed E-state index contributed by atoms with van der Waals surface area (Å²) in [7, 11) is 1.32. The summed E-state index contributed by atoms with van der Waals surface area (Å²) in [6.45, 7) is 6.16. The third-order valence-corrected chi connectivity index (χ3v) is 8.10. The van der Waals surface area contributed by atoms with Crippen LogP contribution < -0.4 is 5.32 Å². The van der Waals surface area contributed by atoms with E-state index in [1.807, 2.05) is 31.2 Å². The first kappa shape index (κ1) is 22.5. The number of hydrogen-bond acceptors (Lipinski definition) is 5. The summed E-state index contributed by atoms with van der Waals surface area (Å²) < 4.78 is 5.05. The van der Waals surface area contributed by atoms with Crippen LogP contribution in [0.1, 0.15) is 59.8 Å². The lowest BCUT2D eigenvalue weighted by atomic mass is 9.78. The van der Waals surface area contributed by atoms with Crippen molar-refractivity contribution in [2.45, 2.75) is 46.0 Å². The number of rotatable bonds is 6. The van der Waals surface area contributed by atoms with E-state index >= 15 is 0 Å². The standard InChI is InChI=1S/C25H29NO5S/c1-12(2)14-5-7-15(8-6-14)18-13(3)32-23(21(18)25(30)31-4)26-22(27)19-16-9-10-17(11-16)20(19)24(28)29/h5-8,12,16-17,19-20H,9-11H2,1-4H3,(H,26,27)(H,28,29)/t16-,17-,19+,20-/m0/s1. The number of carbonyl (C=O) groups excluding carboxylic acids is 2. The van der Waals surface area contributed by atoms with Gasteiger partial charge in [-0.2, -0.15) is 0 Å². The third kappa shape index (κ3) is 3.83. The smallest absolute Gasteiger partial charge is 0.341 e. The fourth-order valence-corrected chi connectivity index (χ4v) is 6.60. The lowest BCUT2D eigenvalue weighted by Crippen LogP contribution is -2.37. The zero-order chi connectivity index (χ0) is 23.2. The quantitative estimate of drug-likeness (QED) is 0.575. The molecule has 6 nitrogen and oxygen atoms in total. The number of hydrogen-bond donors (Lipinski definition) is 2. The number of thiophene rings is 1. The molecule has 170 valence electrons. The van der Waals surface area contributed by atoms with Crippen LogP contribution >= 0.6 is 11.3 Å². The van der Waals surface area contributed by atoms with Crippen molar-refractivity contribution >= 4 is 34.2 Å². The fourth-order valence-electron chi connectivity index (χ4n) is 5.53. The first-order valence-corrected chi connectivity index (χ1v) is 11.9. The number of nitrogens with one attached hydrogen (secondary N) is 1. The Labute approximate surface area is 192 Å². The molecule has 7 heteroatoms. The third-order valence-electron chi connectivity index (χ3n) is 7.08. The van der Waals surface area contributed by atoms with E-state index in [1.165, 1.54) is 24.0 Å². The van der Waals surface area contributed by atoms with E-state index in [2.05, 4.69) is 19.2 Å². The van der Waals surface area contributed by atoms with Crippen molar-refractivity contribution in [2.75, 3.05) is 12.4 Å². The molecule has 0 aliphatic heterocycles. The zero-order valence-electron chi connectivity index (χ0n) is 18.8. The topological polar surface area (TPSA) is 92.7 Å². The van der Waals surface area contributed by atoms with Gasteiger partial charge in [0.1, 0.15) is 10.6 Å². The number of carbonyl (C=O) groups is 3. The second kappa shape index (κ2) is 8.70. The van der Waals surface area contributed by atoms with Crippen molar-refractivity contribution < 1.29 is 24.2 Å². The summed E-state index contributed by atoms with van der Waals surface area (Å²) in [5, 5.41) is 13.0. The van der Waals surface area contributed by atoms with Gasteiger partial charge in [0.15, 0.2) is 0 Å². The van der Waals surface area contributed by atoms with Gasteiger partial charge in [-0.25, -0.2) is 4.79 Å². The molecule has 0 unspecified atom stereocenters. The number of aryl methyl sites for hydroxylation is 1. The molecule has 2 aromatic rings. The van der Waals surface area contributed by atoms with E-state index in [1.54, 1.807) is 0 Å². The lowest BCUT2D eigenvalue weighted by molar-refractivity contribution is -0.148. The van der Waals surface area contributed by atoms with Gasteiger partial charge in [0.05, 0.1) is 18.9 Å². The number of methoxy groups -OCH3 is 1. The highest BCUT2D eigenvalue weighted by molar-refractivity contribution is 7.17. The first-order chi connectivity index (χ1) is 15.2. The molecule has 2 aliphatic rings. The summed E-state index contributed by atoms with van der Waals surface area (Å²) >= 11 is 1.33. The first-order valence-electron chi connectivity index (χ1n) is 11.1. The van der Waals surface area contributed by atoms with Gasteiger partial charge < -0.3 is 15.2 Å². The average Bonchev–Trinajstić information content (AvgIpc) is 3.46. The molecule has 2 N–H and O–H groups in total. The molecule has 2 bridgehead atoms. The van der Waals surface area contributed by atoms with Crippen LogP contribution in [0.3, 0.4) is 0 Å². The number of anilines is 1. The maximum absolute atomic E-state index is 13.2. The molecule has 32 heavy (non-hydrogen) atoms. The van der Waals surface area contributed by atoms with Crippen LogP contribution in [0.4, 0.5) is 5.00 Å². The second-order valence-electron chi connectivity index (χ2n) is 9.22. The molecular formula is C25H29NO5S. The minimum absolute atomic E-state index is 0.0634. The van der Waals surface area contributed by atoms with Gasteiger partial charge in [0.25, 0.3) is 0 Å². The number of amides is 1. The zero-order valence-corrected chi connectivity index (χ0v) is 19.6. The van der Waals surface area contributed by atoms with Crippen LogP contribution in [-0.4, -0.2) is 30.1 Å². The Morgan fingerprint density at radius 3 is 2.28 bits per heavy atom. The van der Waals surface area contributed by atoms with Crippen LogP contribution in [-0.2, 0) is 14.3 Å². The van der Waals surface area contributed by atoms with Crippen molar-refractivity contribution in [1.82, 2.24) is 0 Å². The van der Waals surface area contributed by atoms with Gasteiger partial charge in [-0.15, -0.1) is 11.3 Å².